The molecule has 0 bridgehead atoms. The first-order valence-corrected chi connectivity index (χ1v) is 4.23. The Morgan fingerprint density at radius 1 is 1.83 bits per heavy atom. The van der Waals surface area contributed by atoms with Gasteiger partial charge in [0.25, 0.3) is 0 Å². The van der Waals surface area contributed by atoms with E-state index in [2.05, 4.69) is 17.9 Å². The quantitative estimate of drug-likeness (QED) is 0.608. The SMILES string of the molecule is CC(CN)N1CCOC(C#N)C1. The van der Waals surface area contributed by atoms with Crippen molar-refractivity contribution >= 4 is 0 Å². The first-order chi connectivity index (χ1) is 5.77. The highest BCUT2D eigenvalue weighted by Gasteiger charge is 2.22. The third kappa shape index (κ3) is 2.18. The maximum atomic E-state index is 8.63. The lowest BCUT2D eigenvalue weighted by Gasteiger charge is -2.33. The van der Waals surface area contributed by atoms with Crippen LogP contribution in [0.3, 0.4) is 0 Å². The summed E-state index contributed by atoms with van der Waals surface area (Å²) in [6.45, 7) is 4.92. The van der Waals surface area contributed by atoms with Crippen LogP contribution in [0.25, 0.3) is 0 Å². The second-order valence-corrected chi connectivity index (χ2v) is 3.07. The Bertz CT molecular complexity index is 178. The second kappa shape index (κ2) is 4.41. The van der Waals surface area contributed by atoms with Crippen LogP contribution in [0.4, 0.5) is 0 Å². The molecule has 0 saturated carbocycles. The molecule has 1 fully saturated rings. The molecule has 1 aliphatic heterocycles. The number of ether oxygens (including phenoxy) is 1. The second-order valence-electron chi connectivity index (χ2n) is 3.07. The number of nitriles is 1. The molecule has 4 heteroatoms. The Hall–Kier alpha value is -0.630. The number of nitrogens with zero attached hydrogens (tertiary/aromatic N) is 2. The fourth-order valence-corrected chi connectivity index (χ4v) is 1.30. The Balaban J connectivity index is 2.41. The Morgan fingerprint density at radius 3 is 3.17 bits per heavy atom. The normalized spacial score (nSPS) is 27.9. The summed E-state index contributed by atoms with van der Waals surface area (Å²) in [5.41, 5.74) is 5.52. The Kier molecular flexibility index (Phi) is 3.48. The molecule has 68 valence electrons. The van der Waals surface area contributed by atoms with E-state index in [0.29, 0.717) is 25.7 Å². The van der Waals surface area contributed by atoms with Gasteiger partial charge in [-0.05, 0) is 6.92 Å². The minimum absolute atomic E-state index is 0.271. The largest absolute Gasteiger partial charge is 0.361 e. The number of hydrogen-bond donors (Lipinski definition) is 1. The monoisotopic (exact) mass is 169 g/mol. The summed E-state index contributed by atoms with van der Waals surface area (Å²) in [5.74, 6) is 0. The van der Waals surface area contributed by atoms with Crippen LogP contribution in [0.2, 0.25) is 0 Å². The van der Waals surface area contributed by atoms with Crippen LogP contribution in [0.5, 0.6) is 0 Å². The molecule has 0 amide bonds. The van der Waals surface area contributed by atoms with Crippen molar-refractivity contribution in [1.82, 2.24) is 4.90 Å². The number of rotatable bonds is 2. The molecule has 1 aliphatic rings. The van der Waals surface area contributed by atoms with Crippen LogP contribution < -0.4 is 5.73 Å². The van der Waals surface area contributed by atoms with Crippen LogP contribution in [0.1, 0.15) is 6.92 Å². The van der Waals surface area contributed by atoms with Crippen molar-refractivity contribution in [3.8, 4) is 6.07 Å². The molecule has 0 spiro atoms. The van der Waals surface area contributed by atoms with Crippen molar-refractivity contribution in [3.63, 3.8) is 0 Å². The van der Waals surface area contributed by atoms with Gasteiger partial charge in [0.1, 0.15) is 0 Å². The zero-order valence-electron chi connectivity index (χ0n) is 7.36. The molecular weight excluding hydrogens is 154 g/mol. The van der Waals surface area contributed by atoms with E-state index < -0.39 is 0 Å². The van der Waals surface area contributed by atoms with Gasteiger partial charge >= 0.3 is 0 Å². The fraction of sp³-hybridized carbons (Fsp3) is 0.875. The number of morpholine rings is 1. The molecule has 1 heterocycles. The predicted octanol–water partition coefficient (Wildman–Crippen LogP) is -0.442. The van der Waals surface area contributed by atoms with E-state index in [4.69, 9.17) is 15.7 Å². The summed E-state index contributed by atoms with van der Waals surface area (Å²) in [6.07, 6.45) is -0.271. The van der Waals surface area contributed by atoms with Crippen LogP contribution in [0.15, 0.2) is 0 Å². The van der Waals surface area contributed by atoms with Crippen molar-refractivity contribution < 1.29 is 4.74 Å². The van der Waals surface area contributed by atoms with Crippen molar-refractivity contribution in [1.29, 1.82) is 5.26 Å². The fourth-order valence-electron chi connectivity index (χ4n) is 1.30. The zero-order valence-corrected chi connectivity index (χ0v) is 7.36. The van der Waals surface area contributed by atoms with Gasteiger partial charge in [-0.3, -0.25) is 4.90 Å². The van der Waals surface area contributed by atoms with Crippen LogP contribution >= 0.6 is 0 Å². The molecule has 0 radical (unpaired) electrons. The Labute approximate surface area is 72.9 Å². The van der Waals surface area contributed by atoms with Crippen LogP contribution in [-0.2, 0) is 4.74 Å². The summed E-state index contributed by atoms with van der Waals surface area (Å²) in [5, 5.41) is 8.63. The molecule has 4 nitrogen and oxygen atoms in total. The summed E-state index contributed by atoms with van der Waals surface area (Å²) >= 11 is 0. The van der Waals surface area contributed by atoms with Crippen molar-refractivity contribution in [2.75, 3.05) is 26.2 Å². The van der Waals surface area contributed by atoms with Crippen molar-refractivity contribution in [2.24, 2.45) is 5.73 Å². The molecule has 1 rings (SSSR count). The standard InChI is InChI=1S/C8H15N3O/c1-7(4-9)11-2-3-12-8(5-10)6-11/h7-8H,2-4,6,9H2,1H3. The zero-order chi connectivity index (χ0) is 8.97. The third-order valence-corrected chi connectivity index (χ3v) is 2.21. The van der Waals surface area contributed by atoms with E-state index >= 15 is 0 Å². The number of nitrogens with two attached hydrogens (primary N) is 1. The van der Waals surface area contributed by atoms with Crippen molar-refractivity contribution in [2.45, 2.75) is 19.1 Å². The molecule has 0 aromatic heterocycles. The van der Waals surface area contributed by atoms with Crippen LogP contribution in [0, 0.1) is 11.3 Å². The van der Waals surface area contributed by atoms with E-state index in [-0.39, 0.29) is 6.10 Å². The topological polar surface area (TPSA) is 62.3 Å². The molecule has 2 N–H and O–H groups in total. The van der Waals surface area contributed by atoms with Gasteiger partial charge in [-0.2, -0.15) is 5.26 Å². The smallest absolute Gasteiger partial charge is 0.156 e. The van der Waals surface area contributed by atoms with E-state index in [1.165, 1.54) is 0 Å². The van der Waals surface area contributed by atoms with Gasteiger partial charge in [0.05, 0.1) is 12.7 Å². The summed E-state index contributed by atoms with van der Waals surface area (Å²) in [7, 11) is 0. The molecule has 2 unspecified atom stereocenters. The third-order valence-electron chi connectivity index (χ3n) is 2.21. The lowest BCUT2D eigenvalue weighted by atomic mass is 10.2. The lowest BCUT2D eigenvalue weighted by Crippen LogP contribution is -2.48. The number of hydrogen-bond acceptors (Lipinski definition) is 4. The minimum atomic E-state index is -0.271. The first-order valence-electron chi connectivity index (χ1n) is 4.23. The van der Waals surface area contributed by atoms with Gasteiger partial charge < -0.3 is 10.5 Å². The van der Waals surface area contributed by atoms with Crippen LogP contribution in [-0.4, -0.2) is 43.3 Å². The average molecular weight is 169 g/mol. The molecule has 12 heavy (non-hydrogen) atoms. The van der Waals surface area contributed by atoms with Gasteiger partial charge in [0.2, 0.25) is 0 Å². The van der Waals surface area contributed by atoms with E-state index in [9.17, 15) is 0 Å². The highest BCUT2D eigenvalue weighted by atomic mass is 16.5. The first kappa shape index (κ1) is 9.46. The van der Waals surface area contributed by atoms with Crippen molar-refractivity contribution in [3.05, 3.63) is 0 Å². The maximum Gasteiger partial charge on any atom is 0.156 e. The van der Waals surface area contributed by atoms with E-state index in [0.717, 1.165) is 6.54 Å². The Morgan fingerprint density at radius 2 is 2.58 bits per heavy atom. The molecule has 0 aliphatic carbocycles. The molecule has 0 aromatic rings. The lowest BCUT2D eigenvalue weighted by molar-refractivity contribution is -0.0126. The molecule has 2 atom stereocenters. The molecule has 0 aromatic carbocycles. The highest BCUT2D eigenvalue weighted by Crippen LogP contribution is 2.07. The van der Waals surface area contributed by atoms with Gasteiger partial charge in [0.15, 0.2) is 6.10 Å². The summed E-state index contributed by atoms with van der Waals surface area (Å²) in [6, 6.07) is 2.46. The van der Waals surface area contributed by atoms with Gasteiger partial charge in [-0.25, -0.2) is 0 Å². The van der Waals surface area contributed by atoms with Gasteiger partial charge in [-0.15, -0.1) is 0 Å². The average Bonchev–Trinajstić information content (AvgIpc) is 2.17. The maximum absolute atomic E-state index is 8.63. The summed E-state index contributed by atoms with van der Waals surface area (Å²) in [4.78, 5) is 2.19. The molecular formula is C8H15N3O. The molecule has 1 saturated heterocycles. The predicted molar refractivity (Wildman–Crippen MR) is 45.4 cm³/mol. The summed E-state index contributed by atoms with van der Waals surface area (Å²) < 4.78 is 5.21. The van der Waals surface area contributed by atoms with E-state index in [1.807, 2.05) is 0 Å². The van der Waals surface area contributed by atoms with Gasteiger partial charge in [0, 0.05) is 25.7 Å². The van der Waals surface area contributed by atoms with E-state index in [1.54, 1.807) is 0 Å². The highest BCUT2D eigenvalue weighted by molar-refractivity contribution is 4.90. The minimum Gasteiger partial charge on any atom is -0.361 e. The van der Waals surface area contributed by atoms with Gasteiger partial charge in [-0.1, -0.05) is 0 Å².